The van der Waals surface area contributed by atoms with Crippen LogP contribution in [0.2, 0.25) is 0 Å². The molecule has 0 heterocycles. The molecule has 0 saturated heterocycles. The van der Waals surface area contributed by atoms with Crippen LogP contribution in [0.25, 0.3) is 0 Å². The molecule has 1 unspecified atom stereocenters. The van der Waals surface area contributed by atoms with Crippen molar-refractivity contribution < 1.29 is 9.84 Å². The first-order valence-corrected chi connectivity index (χ1v) is 7.54. The largest absolute Gasteiger partial charge is 0.490 e. The van der Waals surface area contributed by atoms with Gasteiger partial charge in [0.1, 0.15) is 12.4 Å². The third kappa shape index (κ3) is 5.13. The molecule has 2 N–H and O–H groups in total. The van der Waals surface area contributed by atoms with E-state index in [4.69, 9.17) is 4.74 Å². The lowest BCUT2D eigenvalue weighted by Gasteiger charge is -2.23. The summed E-state index contributed by atoms with van der Waals surface area (Å²) in [6, 6.07) is 4.09. The summed E-state index contributed by atoms with van der Waals surface area (Å²) >= 11 is 3.51. The maximum absolute atomic E-state index is 10.0. The van der Waals surface area contributed by atoms with E-state index < -0.39 is 5.60 Å². The van der Waals surface area contributed by atoms with Crippen LogP contribution in [0.3, 0.4) is 0 Å². The van der Waals surface area contributed by atoms with Gasteiger partial charge >= 0.3 is 0 Å². The Morgan fingerprint density at radius 3 is 2.63 bits per heavy atom. The number of aryl methyl sites for hydroxylation is 1. The fraction of sp³-hybridized carbons (Fsp3) is 0.600. The molecule has 4 heteroatoms. The average Bonchev–Trinajstić information content (AvgIpc) is 2.34. The maximum atomic E-state index is 10.0. The monoisotopic (exact) mass is 329 g/mol. The highest BCUT2D eigenvalue weighted by molar-refractivity contribution is 9.10. The van der Waals surface area contributed by atoms with Gasteiger partial charge in [0, 0.05) is 16.6 Å². The number of hydrogen-bond acceptors (Lipinski definition) is 3. The third-order valence-corrected chi connectivity index (χ3v) is 3.63. The van der Waals surface area contributed by atoms with Gasteiger partial charge in [-0.2, -0.15) is 0 Å². The van der Waals surface area contributed by atoms with Crippen molar-refractivity contribution in [1.82, 2.24) is 5.32 Å². The van der Waals surface area contributed by atoms with Crippen molar-refractivity contribution in [2.45, 2.75) is 46.3 Å². The van der Waals surface area contributed by atoms with E-state index in [1.54, 1.807) is 6.92 Å². The van der Waals surface area contributed by atoms with Crippen molar-refractivity contribution in [3.63, 3.8) is 0 Å². The minimum atomic E-state index is -0.783. The highest BCUT2D eigenvalue weighted by atomic mass is 79.9. The summed E-state index contributed by atoms with van der Waals surface area (Å²) in [7, 11) is 0. The van der Waals surface area contributed by atoms with Gasteiger partial charge in [-0.05, 0) is 44.5 Å². The van der Waals surface area contributed by atoms with Crippen LogP contribution in [-0.4, -0.2) is 23.9 Å². The van der Waals surface area contributed by atoms with Gasteiger partial charge in [0.2, 0.25) is 0 Å². The van der Waals surface area contributed by atoms with Crippen LogP contribution in [0.1, 0.15) is 38.3 Å². The molecule has 0 radical (unpaired) electrons. The quantitative estimate of drug-likeness (QED) is 0.805. The molecule has 0 amide bonds. The number of rotatable bonds is 7. The summed E-state index contributed by atoms with van der Waals surface area (Å²) in [4.78, 5) is 0. The molecule has 19 heavy (non-hydrogen) atoms. The molecule has 0 bridgehead atoms. The summed E-state index contributed by atoms with van der Waals surface area (Å²) in [6.07, 6.45) is 0.672. The van der Waals surface area contributed by atoms with Crippen molar-refractivity contribution in [3.05, 3.63) is 27.7 Å². The molecule has 1 rings (SSSR count). The Kier molecular flexibility index (Phi) is 6.30. The van der Waals surface area contributed by atoms with Crippen molar-refractivity contribution in [2.75, 3.05) is 13.2 Å². The Morgan fingerprint density at radius 2 is 2.05 bits per heavy atom. The topological polar surface area (TPSA) is 41.5 Å². The predicted molar refractivity (Wildman–Crippen MR) is 82.7 cm³/mol. The smallest absolute Gasteiger partial charge is 0.126 e. The number of halogens is 1. The van der Waals surface area contributed by atoms with Gasteiger partial charge in [0.05, 0.1) is 5.60 Å². The Morgan fingerprint density at radius 1 is 1.37 bits per heavy atom. The number of nitrogens with one attached hydrogen (secondary N) is 1. The van der Waals surface area contributed by atoms with Crippen molar-refractivity contribution in [3.8, 4) is 5.75 Å². The summed E-state index contributed by atoms with van der Waals surface area (Å²) in [5, 5.41) is 13.4. The minimum Gasteiger partial charge on any atom is -0.490 e. The lowest BCUT2D eigenvalue weighted by atomic mass is 10.1. The number of benzene rings is 1. The molecule has 0 aliphatic rings. The van der Waals surface area contributed by atoms with Crippen LogP contribution in [-0.2, 0) is 6.54 Å². The third-order valence-electron chi connectivity index (χ3n) is 3.17. The molecule has 1 aromatic carbocycles. The lowest BCUT2D eigenvalue weighted by molar-refractivity contribution is 0.00796. The van der Waals surface area contributed by atoms with E-state index in [2.05, 4.69) is 34.2 Å². The van der Waals surface area contributed by atoms with Gasteiger partial charge in [-0.1, -0.05) is 29.8 Å². The standard InChI is InChI=1S/C15H24BrNO2/c1-5-15(4,18)10-19-14-11(3)7-13(16)8-12(14)9-17-6-2/h7-8,17-18H,5-6,9-10H2,1-4H3. The second-order valence-electron chi connectivity index (χ2n) is 5.13. The highest BCUT2D eigenvalue weighted by Crippen LogP contribution is 2.29. The van der Waals surface area contributed by atoms with Gasteiger partial charge in [0.15, 0.2) is 0 Å². The van der Waals surface area contributed by atoms with Gasteiger partial charge in [0.25, 0.3) is 0 Å². The minimum absolute atomic E-state index is 0.311. The number of aliphatic hydroxyl groups is 1. The first-order chi connectivity index (χ1) is 8.89. The second kappa shape index (κ2) is 7.27. The van der Waals surface area contributed by atoms with Gasteiger partial charge in [-0.3, -0.25) is 0 Å². The molecule has 0 aliphatic heterocycles. The van der Waals surface area contributed by atoms with Crippen molar-refractivity contribution >= 4 is 15.9 Å². The van der Waals surface area contributed by atoms with Crippen LogP contribution in [0.15, 0.2) is 16.6 Å². The first-order valence-electron chi connectivity index (χ1n) is 6.74. The molecule has 0 saturated carbocycles. The van der Waals surface area contributed by atoms with Crippen LogP contribution in [0, 0.1) is 6.92 Å². The van der Waals surface area contributed by atoms with Crippen molar-refractivity contribution in [2.24, 2.45) is 0 Å². The van der Waals surface area contributed by atoms with Gasteiger partial charge < -0.3 is 15.2 Å². The van der Waals surface area contributed by atoms with E-state index in [0.717, 1.165) is 34.4 Å². The highest BCUT2D eigenvalue weighted by Gasteiger charge is 2.20. The van der Waals surface area contributed by atoms with E-state index in [9.17, 15) is 5.11 Å². The summed E-state index contributed by atoms with van der Waals surface area (Å²) in [6.45, 7) is 9.84. The zero-order valence-corrected chi connectivity index (χ0v) is 13.8. The van der Waals surface area contributed by atoms with E-state index in [1.165, 1.54) is 0 Å². The summed E-state index contributed by atoms with van der Waals surface area (Å²) in [5.74, 6) is 0.873. The van der Waals surface area contributed by atoms with Gasteiger partial charge in [-0.25, -0.2) is 0 Å². The molecular weight excluding hydrogens is 306 g/mol. The van der Waals surface area contributed by atoms with E-state index in [0.29, 0.717) is 13.0 Å². The summed E-state index contributed by atoms with van der Waals surface area (Å²) in [5.41, 5.74) is 1.41. The van der Waals surface area contributed by atoms with Gasteiger partial charge in [-0.15, -0.1) is 0 Å². The first kappa shape index (κ1) is 16.5. The van der Waals surface area contributed by atoms with Crippen LogP contribution in [0.5, 0.6) is 5.75 Å². The fourth-order valence-electron chi connectivity index (χ4n) is 1.73. The van der Waals surface area contributed by atoms with E-state index in [-0.39, 0.29) is 0 Å². The Balaban J connectivity index is 2.91. The molecule has 0 spiro atoms. The SMILES string of the molecule is CCNCc1cc(Br)cc(C)c1OCC(C)(O)CC. The maximum Gasteiger partial charge on any atom is 0.126 e. The Bertz CT molecular complexity index is 419. The number of ether oxygens (including phenoxy) is 1. The van der Waals surface area contributed by atoms with Crippen LogP contribution in [0.4, 0.5) is 0 Å². The molecule has 0 aliphatic carbocycles. The van der Waals surface area contributed by atoms with Crippen LogP contribution >= 0.6 is 15.9 Å². The summed E-state index contributed by atoms with van der Waals surface area (Å²) < 4.78 is 6.91. The molecule has 0 aromatic heterocycles. The Labute approximate surface area is 124 Å². The fourth-order valence-corrected chi connectivity index (χ4v) is 2.35. The van der Waals surface area contributed by atoms with E-state index in [1.807, 2.05) is 19.9 Å². The van der Waals surface area contributed by atoms with Crippen LogP contribution < -0.4 is 10.1 Å². The molecule has 0 fully saturated rings. The second-order valence-corrected chi connectivity index (χ2v) is 6.05. The molecule has 1 atom stereocenters. The zero-order chi connectivity index (χ0) is 14.5. The molecular formula is C15H24BrNO2. The molecule has 108 valence electrons. The molecule has 3 nitrogen and oxygen atoms in total. The number of hydrogen-bond donors (Lipinski definition) is 2. The molecule has 1 aromatic rings. The normalized spacial score (nSPS) is 14.2. The van der Waals surface area contributed by atoms with Crippen molar-refractivity contribution in [1.29, 1.82) is 0 Å². The zero-order valence-electron chi connectivity index (χ0n) is 12.2. The van der Waals surface area contributed by atoms with E-state index >= 15 is 0 Å². The average molecular weight is 330 g/mol. The Hall–Kier alpha value is -0.580. The predicted octanol–water partition coefficient (Wildman–Crippen LogP) is 3.41. The lowest BCUT2D eigenvalue weighted by Crippen LogP contribution is -2.31.